The van der Waals surface area contributed by atoms with Gasteiger partial charge in [0.15, 0.2) is 0 Å². The lowest BCUT2D eigenvalue weighted by Crippen LogP contribution is -2.03. The highest BCUT2D eigenvalue weighted by Gasteiger charge is 2.18. The topological polar surface area (TPSA) is 55.3 Å². The van der Waals surface area contributed by atoms with Gasteiger partial charge in [-0.3, -0.25) is 4.68 Å². The van der Waals surface area contributed by atoms with Gasteiger partial charge in [0.1, 0.15) is 16.9 Å². The summed E-state index contributed by atoms with van der Waals surface area (Å²) < 4.78 is 3.50. The molecule has 1 N–H and O–H groups in total. The Labute approximate surface area is 121 Å². The lowest BCUT2D eigenvalue weighted by atomic mass is 10.1. The SMILES string of the molecule is Cc1nn(C)c(Cl)c1CC(O)c1cn2ccccc2n1. The standard InChI is InChI=1S/C14H15ClN4O/c1-9-10(14(15)18(2)17-9)7-12(20)11-8-19-6-4-3-5-13(19)16-11/h3-6,8,12,20H,7H2,1-2H3. The smallest absolute Gasteiger partial charge is 0.137 e. The molecule has 0 fully saturated rings. The van der Waals surface area contributed by atoms with Gasteiger partial charge in [-0.15, -0.1) is 0 Å². The molecule has 3 aromatic rings. The van der Waals surface area contributed by atoms with Crippen molar-refractivity contribution in [1.29, 1.82) is 0 Å². The van der Waals surface area contributed by atoms with E-state index >= 15 is 0 Å². The monoisotopic (exact) mass is 290 g/mol. The summed E-state index contributed by atoms with van der Waals surface area (Å²) in [6.07, 6.45) is 3.44. The molecule has 0 aromatic carbocycles. The number of imidazole rings is 1. The van der Waals surface area contributed by atoms with Crippen LogP contribution in [0.3, 0.4) is 0 Å². The first-order chi connectivity index (χ1) is 9.56. The molecule has 3 heterocycles. The van der Waals surface area contributed by atoms with E-state index in [4.69, 9.17) is 11.6 Å². The first-order valence-corrected chi connectivity index (χ1v) is 6.73. The van der Waals surface area contributed by atoms with E-state index in [0.717, 1.165) is 16.9 Å². The van der Waals surface area contributed by atoms with Gasteiger partial charge in [0, 0.05) is 31.4 Å². The Bertz CT molecular complexity index is 729. The largest absolute Gasteiger partial charge is 0.386 e. The van der Waals surface area contributed by atoms with Crippen LogP contribution < -0.4 is 0 Å². The number of rotatable bonds is 3. The molecule has 0 aliphatic heterocycles. The minimum Gasteiger partial charge on any atom is -0.386 e. The molecule has 0 radical (unpaired) electrons. The molecule has 104 valence electrons. The van der Waals surface area contributed by atoms with Gasteiger partial charge in [0.25, 0.3) is 0 Å². The van der Waals surface area contributed by atoms with E-state index in [2.05, 4.69) is 10.1 Å². The van der Waals surface area contributed by atoms with Gasteiger partial charge in [-0.1, -0.05) is 17.7 Å². The number of nitrogens with zero attached hydrogens (tertiary/aromatic N) is 4. The molecule has 0 aliphatic rings. The number of fused-ring (bicyclic) bond motifs is 1. The second-order valence-electron chi connectivity index (χ2n) is 4.83. The van der Waals surface area contributed by atoms with Crippen molar-refractivity contribution in [2.75, 3.05) is 0 Å². The van der Waals surface area contributed by atoms with Crippen LogP contribution in [-0.2, 0) is 13.5 Å². The zero-order chi connectivity index (χ0) is 14.3. The average Bonchev–Trinajstić information content (AvgIpc) is 2.95. The molecule has 0 saturated heterocycles. The van der Waals surface area contributed by atoms with Crippen molar-refractivity contribution >= 4 is 17.2 Å². The van der Waals surface area contributed by atoms with E-state index in [9.17, 15) is 5.11 Å². The van der Waals surface area contributed by atoms with Gasteiger partial charge in [-0.2, -0.15) is 5.10 Å². The maximum atomic E-state index is 10.4. The first kappa shape index (κ1) is 13.1. The lowest BCUT2D eigenvalue weighted by Gasteiger charge is -2.07. The predicted molar refractivity (Wildman–Crippen MR) is 76.8 cm³/mol. The van der Waals surface area contributed by atoms with Crippen molar-refractivity contribution in [3.8, 4) is 0 Å². The fraction of sp³-hybridized carbons (Fsp3) is 0.286. The van der Waals surface area contributed by atoms with E-state index in [1.165, 1.54) is 0 Å². The van der Waals surface area contributed by atoms with E-state index < -0.39 is 6.10 Å². The summed E-state index contributed by atoms with van der Waals surface area (Å²) in [7, 11) is 1.79. The second-order valence-corrected chi connectivity index (χ2v) is 5.19. The second kappa shape index (κ2) is 4.92. The van der Waals surface area contributed by atoms with E-state index in [1.54, 1.807) is 11.7 Å². The molecule has 0 amide bonds. The molecule has 0 spiro atoms. The van der Waals surface area contributed by atoms with Crippen LogP contribution in [0.25, 0.3) is 5.65 Å². The number of aryl methyl sites for hydroxylation is 2. The van der Waals surface area contributed by atoms with Crippen molar-refractivity contribution in [3.05, 3.63) is 52.7 Å². The lowest BCUT2D eigenvalue weighted by molar-refractivity contribution is 0.174. The van der Waals surface area contributed by atoms with Crippen molar-refractivity contribution < 1.29 is 5.11 Å². The third-order valence-corrected chi connectivity index (χ3v) is 3.86. The summed E-state index contributed by atoms with van der Waals surface area (Å²) in [6.45, 7) is 1.89. The molecular formula is C14H15ClN4O. The number of hydrogen-bond donors (Lipinski definition) is 1. The molecule has 0 bridgehead atoms. The van der Waals surface area contributed by atoms with Crippen molar-refractivity contribution in [2.45, 2.75) is 19.4 Å². The maximum Gasteiger partial charge on any atom is 0.137 e. The predicted octanol–water partition coefficient (Wildman–Crippen LogP) is 2.31. The summed E-state index contributed by atoms with van der Waals surface area (Å²) in [6, 6.07) is 5.74. The molecular weight excluding hydrogens is 276 g/mol. The Balaban J connectivity index is 1.90. The van der Waals surface area contributed by atoms with Crippen LogP contribution in [-0.4, -0.2) is 24.3 Å². The van der Waals surface area contributed by atoms with Gasteiger partial charge in [0.05, 0.1) is 11.4 Å². The van der Waals surface area contributed by atoms with Crippen LogP contribution in [0.4, 0.5) is 0 Å². The van der Waals surface area contributed by atoms with Crippen LogP contribution in [0.15, 0.2) is 30.6 Å². The summed E-state index contributed by atoms with van der Waals surface area (Å²) in [5.74, 6) is 0. The highest BCUT2D eigenvalue weighted by Crippen LogP contribution is 2.25. The third-order valence-electron chi connectivity index (χ3n) is 3.39. The van der Waals surface area contributed by atoms with Crippen LogP contribution in [0, 0.1) is 6.92 Å². The summed E-state index contributed by atoms with van der Waals surface area (Å²) in [5, 5.41) is 15.2. The van der Waals surface area contributed by atoms with Crippen molar-refractivity contribution in [1.82, 2.24) is 19.2 Å². The van der Waals surface area contributed by atoms with E-state index in [0.29, 0.717) is 17.3 Å². The number of aliphatic hydroxyl groups is 1. The van der Waals surface area contributed by atoms with Crippen LogP contribution in [0.1, 0.15) is 23.1 Å². The normalized spacial score (nSPS) is 13.0. The summed E-state index contributed by atoms with van der Waals surface area (Å²) in [4.78, 5) is 4.42. The number of pyridine rings is 1. The van der Waals surface area contributed by atoms with Gasteiger partial charge < -0.3 is 9.51 Å². The Morgan fingerprint density at radius 2 is 2.20 bits per heavy atom. The number of hydrogen-bond acceptors (Lipinski definition) is 3. The molecule has 6 heteroatoms. The van der Waals surface area contributed by atoms with Crippen molar-refractivity contribution in [2.24, 2.45) is 7.05 Å². The van der Waals surface area contributed by atoms with Gasteiger partial charge in [-0.25, -0.2) is 4.98 Å². The highest BCUT2D eigenvalue weighted by molar-refractivity contribution is 6.30. The molecule has 0 saturated carbocycles. The minimum atomic E-state index is -0.699. The number of aliphatic hydroxyl groups excluding tert-OH is 1. The van der Waals surface area contributed by atoms with Gasteiger partial charge in [0.2, 0.25) is 0 Å². The minimum absolute atomic E-state index is 0.405. The molecule has 1 atom stereocenters. The van der Waals surface area contributed by atoms with E-state index in [-0.39, 0.29) is 0 Å². The summed E-state index contributed by atoms with van der Waals surface area (Å²) in [5.41, 5.74) is 3.14. The fourth-order valence-electron chi connectivity index (χ4n) is 2.32. The Kier molecular flexibility index (Phi) is 3.23. The van der Waals surface area contributed by atoms with Crippen LogP contribution >= 0.6 is 11.6 Å². The maximum absolute atomic E-state index is 10.4. The Hall–Kier alpha value is -1.85. The first-order valence-electron chi connectivity index (χ1n) is 6.36. The average molecular weight is 291 g/mol. The number of aromatic nitrogens is 4. The fourth-order valence-corrected chi connectivity index (χ4v) is 2.57. The highest BCUT2D eigenvalue weighted by atomic mass is 35.5. The zero-order valence-corrected chi connectivity index (χ0v) is 12.0. The quantitative estimate of drug-likeness (QED) is 0.805. The molecule has 5 nitrogen and oxygen atoms in total. The molecule has 0 aliphatic carbocycles. The molecule has 1 unspecified atom stereocenters. The van der Waals surface area contributed by atoms with E-state index in [1.807, 2.05) is 41.9 Å². The third kappa shape index (κ3) is 2.19. The van der Waals surface area contributed by atoms with Gasteiger partial charge >= 0.3 is 0 Å². The molecule has 20 heavy (non-hydrogen) atoms. The Morgan fingerprint density at radius 1 is 1.40 bits per heavy atom. The zero-order valence-electron chi connectivity index (χ0n) is 11.3. The number of halogens is 1. The molecule has 3 aromatic heterocycles. The van der Waals surface area contributed by atoms with Crippen LogP contribution in [0.2, 0.25) is 5.15 Å². The molecule has 3 rings (SSSR count). The Morgan fingerprint density at radius 3 is 2.85 bits per heavy atom. The summed E-state index contributed by atoms with van der Waals surface area (Å²) >= 11 is 6.19. The van der Waals surface area contributed by atoms with Crippen LogP contribution in [0.5, 0.6) is 0 Å². The van der Waals surface area contributed by atoms with Crippen molar-refractivity contribution in [3.63, 3.8) is 0 Å². The van der Waals surface area contributed by atoms with Gasteiger partial charge in [-0.05, 0) is 19.1 Å².